The third-order valence-electron chi connectivity index (χ3n) is 2.38. The van der Waals surface area contributed by atoms with Crippen LogP contribution in [0.4, 0.5) is 0 Å². The van der Waals surface area contributed by atoms with E-state index in [0.717, 1.165) is 17.4 Å². The van der Waals surface area contributed by atoms with Gasteiger partial charge in [-0.05, 0) is 38.4 Å². The molecule has 2 atom stereocenters. The van der Waals surface area contributed by atoms with Crippen LogP contribution >= 0.6 is 15.9 Å². The Hall–Kier alpha value is -0.380. The number of aliphatic hydroxyl groups excluding tert-OH is 1. The lowest BCUT2D eigenvalue weighted by Crippen LogP contribution is -2.22. The standard InChI is InChI=1S/C12H18BrNO/c1-9(15)7-8-14-10(2)11-5-3-4-6-12(11)13/h3-6,9-10,14-15H,7-8H2,1-2H3. The van der Waals surface area contributed by atoms with Crippen molar-refractivity contribution in [3.05, 3.63) is 34.3 Å². The Morgan fingerprint density at radius 3 is 2.60 bits per heavy atom. The van der Waals surface area contributed by atoms with Crippen molar-refractivity contribution in [2.75, 3.05) is 6.54 Å². The highest BCUT2D eigenvalue weighted by atomic mass is 79.9. The van der Waals surface area contributed by atoms with Crippen molar-refractivity contribution in [1.82, 2.24) is 5.32 Å². The van der Waals surface area contributed by atoms with Gasteiger partial charge in [-0.1, -0.05) is 34.1 Å². The van der Waals surface area contributed by atoms with Gasteiger partial charge in [0.25, 0.3) is 0 Å². The number of hydrogen-bond donors (Lipinski definition) is 2. The molecule has 0 heterocycles. The molecule has 0 radical (unpaired) electrons. The van der Waals surface area contributed by atoms with E-state index in [2.05, 4.69) is 34.2 Å². The number of hydrogen-bond acceptors (Lipinski definition) is 2. The van der Waals surface area contributed by atoms with Crippen molar-refractivity contribution in [2.24, 2.45) is 0 Å². The minimum absolute atomic E-state index is 0.232. The van der Waals surface area contributed by atoms with Crippen molar-refractivity contribution in [3.63, 3.8) is 0 Å². The molecular weight excluding hydrogens is 254 g/mol. The van der Waals surface area contributed by atoms with E-state index < -0.39 is 0 Å². The molecule has 2 N–H and O–H groups in total. The van der Waals surface area contributed by atoms with Gasteiger partial charge in [0.1, 0.15) is 0 Å². The fourth-order valence-electron chi connectivity index (χ4n) is 1.44. The predicted molar refractivity (Wildman–Crippen MR) is 66.9 cm³/mol. The number of halogens is 1. The molecule has 0 saturated carbocycles. The fourth-order valence-corrected chi connectivity index (χ4v) is 2.07. The lowest BCUT2D eigenvalue weighted by atomic mass is 10.1. The summed E-state index contributed by atoms with van der Waals surface area (Å²) >= 11 is 3.53. The molecule has 84 valence electrons. The molecule has 2 nitrogen and oxygen atoms in total. The monoisotopic (exact) mass is 271 g/mol. The highest BCUT2D eigenvalue weighted by molar-refractivity contribution is 9.10. The van der Waals surface area contributed by atoms with E-state index in [1.807, 2.05) is 25.1 Å². The molecule has 0 saturated heterocycles. The fraction of sp³-hybridized carbons (Fsp3) is 0.500. The van der Waals surface area contributed by atoms with Gasteiger partial charge >= 0.3 is 0 Å². The normalized spacial score (nSPS) is 14.9. The highest BCUT2D eigenvalue weighted by Crippen LogP contribution is 2.22. The first-order valence-corrected chi connectivity index (χ1v) is 6.06. The summed E-state index contributed by atoms with van der Waals surface area (Å²) in [6.07, 6.45) is 0.554. The molecule has 15 heavy (non-hydrogen) atoms. The van der Waals surface area contributed by atoms with Crippen LogP contribution < -0.4 is 5.32 Å². The summed E-state index contributed by atoms with van der Waals surface area (Å²) in [6.45, 7) is 4.77. The summed E-state index contributed by atoms with van der Waals surface area (Å²) in [5.41, 5.74) is 1.25. The van der Waals surface area contributed by atoms with Gasteiger partial charge in [0, 0.05) is 10.5 Å². The molecule has 3 heteroatoms. The molecule has 0 aliphatic carbocycles. The minimum Gasteiger partial charge on any atom is -0.393 e. The largest absolute Gasteiger partial charge is 0.393 e. The number of nitrogens with one attached hydrogen (secondary N) is 1. The van der Waals surface area contributed by atoms with Crippen molar-refractivity contribution in [1.29, 1.82) is 0 Å². The van der Waals surface area contributed by atoms with Gasteiger partial charge in [-0.2, -0.15) is 0 Å². The summed E-state index contributed by atoms with van der Waals surface area (Å²) in [5.74, 6) is 0. The molecular formula is C12H18BrNO. The maximum absolute atomic E-state index is 9.14. The Morgan fingerprint density at radius 1 is 1.33 bits per heavy atom. The summed E-state index contributed by atoms with van der Waals surface area (Å²) in [7, 11) is 0. The second-order valence-corrected chi connectivity index (χ2v) is 4.69. The van der Waals surface area contributed by atoms with Gasteiger partial charge in [0.05, 0.1) is 6.10 Å². The zero-order valence-corrected chi connectivity index (χ0v) is 10.8. The number of benzene rings is 1. The van der Waals surface area contributed by atoms with E-state index in [-0.39, 0.29) is 6.10 Å². The summed E-state index contributed by atoms with van der Waals surface area (Å²) in [6, 6.07) is 8.49. The molecule has 0 aliphatic rings. The van der Waals surface area contributed by atoms with E-state index in [9.17, 15) is 0 Å². The lowest BCUT2D eigenvalue weighted by molar-refractivity contribution is 0.182. The molecule has 1 rings (SSSR count). The Labute approximate surface area is 99.8 Å². The molecule has 2 unspecified atom stereocenters. The van der Waals surface area contributed by atoms with Crippen LogP contribution in [0.1, 0.15) is 31.9 Å². The second-order valence-electron chi connectivity index (χ2n) is 3.84. The predicted octanol–water partition coefficient (Wildman–Crippen LogP) is 2.87. The van der Waals surface area contributed by atoms with Crippen molar-refractivity contribution < 1.29 is 5.11 Å². The van der Waals surface area contributed by atoms with Crippen molar-refractivity contribution in [2.45, 2.75) is 32.4 Å². The molecule has 0 aliphatic heterocycles. The van der Waals surface area contributed by atoms with Crippen LogP contribution in [0.25, 0.3) is 0 Å². The highest BCUT2D eigenvalue weighted by Gasteiger charge is 2.07. The van der Waals surface area contributed by atoms with E-state index in [0.29, 0.717) is 6.04 Å². The topological polar surface area (TPSA) is 32.3 Å². The van der Waals surface area contributed by atoms with Crippen LogP contribution in [0.5, 0.6) is 0 Å². The first kappa shape index (κ1) is 12.7. The molecule has 0 aromatic heterocycles. The summed E-state index contributed by atoms with van der Waals surface area (Å²) < 4.78 is 1.13. The third kappa shape index (κ3) is 4.33. The van der Waals surface area contributed by atoms with Gasteiger partial charge < -0.3 is 10.4 Å². The van der Waals surface area contributed by atoms with E-state index in [1.54, 1.807) is 0 Å². The number of aliphatic hydroxyl groups is 1. The lowest BCUT2D eigenvalue weighted by Gasteiger charge is -2.16. The van der Waals surface area contributed by atoms with Crippen LogP contribution in [0, 0.1) is 0 Å². The second kappa shape index (κ2) is 6.26. The average molecular weight is 272 g/mol. The Morgan fingerprint density at radius 2 is 2.00 bits per heavy atom. The van der Waals surface area contributed by atoms with Crippen molar-refractivity contribution in [3.8, 4) is 0 Å². The molecule has 0 amide bonds. The van der Waals surface area contributed by atoms with E-state index in [1.165, 1.54) is 5.56 Å². The number of rotatable bonds is 5. The van der Waals surface area contributed by atoms with E-state index in [4.69, 9.17) is 5.11 Å². The van der Waals surface area contributed by atoms with Gasteiger partial charge in [-0.15, -0.1) is 0 Å². The Kier molecular flexibility index (Phi) is 5.29. The van der Waals surface area contributed by atoms with E-state index >= 15 is 0 Å². The van der Waals surface area contributed by atoms with Crippen LogP contribution in [-0.4, -0.2) is 17.8 Å². The molecule has 0 spiro atoms. The maximum Gasteiger partial charge on any atom is 0.0524 e. The first-order chi connectivity index (χ1) is 7.11. The van der Waals surface area contributed by atoms with Gasteiger partial charge in [0.2, 0.25) is 0 Å². The SMILES string of the molecule is CC(O)CCNC(C)c1ccccc1Br. The zero-order chi connectivity index (χ0) is 11.3. The molecule has 0 bridgehead atoms. The maximum atomic E-state index is 9.14. The van der Waals surface area contributed by atoms with Gasteiger partial charge in [-0.25, -0.2) is 0 Å². The molecule has 1 aromatic carbocycles. The van der Waals surface area contributed by atoms with Gasteiger partial charge in [0.15, 0.2) is 0 Å². The zero-order valence-electron chi connectivity index (χ0n) is 9.20. The Balaban J connectivity index is 2.47. The van der Waals surface area contributed by atoms with Crippen LogP contribution in [0.15, 0.2) is 28.7 Å². The smallest absolute Gasteiger partial charge is 0.0524 e. The van der Waals surface area contributed by atoms with Crippen LogP contribution in [0.3, 0.4) is 0 Å². The molecule has 1 aromatic rings. The summed E-state index contributed by atoms with van der Waals surface area (Å²) in [4.78, 5) is 0. The quantitative estimate of drug-likeness (QED) is 0.863. The average Bonchev–Trinajstić information content (AvgIpc) is 2.17. The first-order valence-electron chi connectivity index (χ1n) is 5.27. The van der Waals surface area contributed by atoms with Gasteiger partial charge in [-0.3, -0.25) is 0 Å². The Bertz CT molecular complexity index is 301. The summed E-state index contributed by atoms with van der Waals surface area (Å²) in [5, 5.41) is 12.5. The van der Waals surface area contributed by atoms with Crippen LogP contribution in [-0.2, 0) is 0 Å². The van der Waals surface area contributed by atoms with Crippen molar-refractivity contribution >= 4 is 15.9 Å². The van der Waals surface area contributed by atoms with Crippen LogP contribution in [0.2, 0.25) is 0 Å². The minimum atomic E-state index is -0.232. The third-order valence-corrected chi connectivity index (χ3v) is 3.11. The molecule has 0 fully saturated rings.